The smallest absolute Gasteiger partial charge is 0.505 e. The van der Waals surface area contributed by atoms with Crippen molar-refractivity contribution in [1.82, 2.24) is 4.98 Å². The van der Waals surface area contributed by atoms with Crippen LogP contribution in [0.1, 0.15) is 5.56 Å². The average Bonchev–Trinajstić information content (AvgIpc) is 2.32. The lowest BCUT2D eigenvalue weighted by atomic mass is 10.1. The lowest BCUT2D eigenvalue weighted by molar-refractivity contribution is -0.274. The molecule has 0 amide bonds. The first kappa shape index (κ1) is 13.2. The highest BCUT2D eigenvalue weighted by atomic mass is 19.4. The molecule has 0 aliphatic carbocycles. The van der Waals surface area contributed by atoms with Gasteiger partial charge in [0.25, 0.3) is 0 Å². The van der Waals surface area contributed by atoms with Crippen LogP contribution in [-0.2, 0) is 0 Å². The molecular formula is C13H10F3NO2. The summed E-state index contributed by atoms with van der Waals surface area (Å²) >= 11 is 0. The first-order chi connectivity index (χ1) is 8.88. The first-order valence-electron chi connectivity index (χ1n) is 5.38. The summed E-state index contributed by atoms with van der Waals surface area (Å²) in [6.07, 6.45) is -3.38. The highest BCUT2D eigenvalue weighted by Gasteiger charge is 2.32. The van der Waals surface area contributed by atoms with Gasteiger partial charge in [0.05, 0.1) is 0 Å². The van der Waals surface area contributed by atoms with Crippen LogP contribution in [0.2, 0.25) is 0 Å². The molecule has 1 heterocycles. The molecule has 1 aromatic carbocycles. The molecule has 0 aliphatic heterocycles. The fraction of sp³-hybridized carbons (Fsp3) is 0.154. The molecule has 0 saturated heterocycles. The summed E-state index contributed by atoms with van der Waals surface area (Å²) in [5, 5.41) is 9.87. The second kappa shape index (κ2) is 4.79. The Morgan fingerprint density at radius 2 is 1.84 bits per heavy atom. The van der Waals surface area contributed by atoms with E-state index < -0.39 is 12.1 Å². The molecule has 0 fully saturated rings. The van der Waals surface area contributed by atoms with Gasteiger partial charge in [-0.25, -0.2) is 0 Å². The average molecular weight is 269 g/mol. The normalized spacial score (nSPS) is 11.4. The summed E-state index contributed by atoms with van der Waals surface area (Å²) < 4.78 is 40.9. The van der Waals surface area contributed by atoms with Gasteiger partial charge in [0, 0.05) is 11.8 Å². The number of alkyl halides is 3. The van der Waals surface area contributed by atoms with E-state index in [1.807, 2.05) is 0 Å². The Morgan fingerprint density at radius 1 is 1.16 bits per heavy atom. The zero-order chi connectivity index (χ0) is 14.0. The van der Waals surface area contributed by atoms with E-state index in [1.165, 1.54) is 24.4 Å². The predicted octanol–water partition coefficient (Wildman–Crippen LogP) is 3.66. The maximum absolute atomic E-state index is 12.3. The van der Waals surface area contributed by atoms with Crippen molar-refractivity contribution in [3.05, 3.63) is 42.1 Å². The molecule has 0 bridgehead atoms. The summed E-state index contributed by atoms with van der Waals surface area (Å²) in [5.41, 5.74) is 0.660. The van der Waals surface area contributed by atoms with E-state index in [0.717, 1.165) is 0 Å². The third kappa shape index (κ3) is 2.96. The van der Waals surface area contributed by atoms with Crippen molar-refractivity contribution in [3.8, 4) is 22.8 Å². The number of pyridine rings is 1. The molecular weight excluding hydrogens is 259 g/mol. The highest BCUT2D eigenvalue weighted by Crippen LogP contribution is 2.37. The molecule has 6 heteroatoms. The number of aryl methyl sites for hydroxylation is 1. The molecule has 1 aromatic heterocycles. The molecule has 19 heavy (non-hydrogen) atoms. The van der Waals surface area contributed by atoms with Crippen LogP contribution in [0.15, 0.2) is 36.5 Å². The van der Waals surface area contributed by atoms with Gasteiger partial charge in [-0.05, 0) is 30.7 Å². The monoisotopic (exact) mass is 269 g/mol. The van der Waals surface area contributed by atoms with Crippen molar-refractivity contribution in [2.24, 2.45) is 0 Å². The number of aromatic nitrogens is 1. The molecule has 0 unspecified atom stereocenters. The standard InChI is InChI=1S/C13H10F3NO2/c1-8-6-7-17-11(12(8)18)9-4-2-3-5-10(9)19-13(14,15)16/h2-7,18H,1H3. The number of benzene rings is 1. The zero-order valence-corrected chi connectivity index (χ0v) is 9.90. The zero-order valence-electron chi connectivity index (χ0n) is 9.90. The lowest BCUT2D eigenvalue weighted by Gasteiger charge is -2.13. The van der Waals surface area contributed by atoms with Gasteiger partial charge in [-0.2, -0.15) is 0 Å². The minimum Gasteiger partial charge on any atom is -0.505 e. The quantitative estimate of drug-likeness (QED) is 0.904. The predicted molar refractivity (Wildman–Crippen MR) is 62.8 cm³/mol. The molecule has 100 valence electrons. The van der Waals surface area contributed by atoms with E-state index in [1.54, 1.807) is 19.1 Å². The maximum Gasteiger partial charge on any atom is 0.573 e. The van der Waals surface area contributed by atoms with Crippen LogP contribution < -0.4 is 4.74 Å². The summed E-state index contributed by atoms with van der Waals surface area (Å²) in [7, 11) is 0. The Morgan fingerprint density at radius 3 is 2.53 bits per heavy atom. The van der Waals surface area contributed by atoms with E-state index in [2.05, 4.69) is 9.72 Å². The molecule has 0 radical (unpaired) electrons. The Balaban J connectivity index is 2.54. The Labute approximate surface area is 107 Å². The van der Waals surface area contributed by atoms with Gasteiger partial charge in [-0.3, -0.25) is 4.98 Å². The summed E-state index contributed by atoms with van der Waals surface area (Å²) in [6.45, 7) is 1.63. The van der Waals surface area contributed by atoms with Crippen LogP contribution in [0, 0.1) is 6.92 Å². The van der Waals surface area contributed by atoms with E-state index in [9.17, 15) is 18.3 Å². The van der Waals surface area contributed by atoms with Crippen molar-refractivity contribution < 1.29 is 23.0 Å². The van der Waals surface area contributed by atoms with E-state index in [-0.39, 0.29) is 17.0 Å². The van der Waals surface area contributed by atoms with Crippen LogP contribution in [0.4, 0.5) is 13.2 Å². The molecule has 2 aromatic rings. The highest BCUT2D eigenvalue weighted by molar-refractivity contribution is 5.73. The second-order valence-corrected chi connectivity index (χ2v) is 3.87. The summed E-state index contributed by atoms with van der Waals surface area (Å²) in [4.78, 5) is 3.90. The van der Waals surface area contributed by atoms with Gasteiger partial charge in [0.1, 0.15) is 17.2 Å². The molecule has 1 N–H and O–H groups in total. The molecule has 0 aliphatic rings. The van der Waals surface area contributed by atoms with Gasteiger partial charge >= 0.3 is 6.36 Å². The maximum atomic E-state index is 12.3. The van der Waals surface area contributed by atoms with Crippen LogP contribution >= 0.6 is 0 Å². The SMILES string of the molecule is Cc1ccnc(-c2ccccc2OC(F)(F)F)c1O. The molecule has 3 nitrogen and oxygen atoms in total. The van der Waals surface area contributed by atoms with Gasteiger partial charge in [-0.15, -0.1) is 13.2 Å². The van der Waals surface area contributed by atoms with Crippen molar-refractivity contribution in [2.75, 3.05) is 0 Å². The number of halogens is 3. The van der Waals surface area contributed by atoms with Crippen LogP contribution in [-0.4, -0.2) is 16.5 Å². The largest absolute Gasteiger partial charge is 0.573 e. The fourth-order valence-corrected chi connectivity index (χ4v) is 1.62. The van der Waals surface area contributed by atoms with Crippen molar-refractivity contribution in [2.45, 2.75) is 13.3 Å². The Kier molecular flexibility index (Phi) is 3.33. The van der Waals surface area contributed by atoms with Crippen LogP contribution in [0.25, 0.3) is 11.3 Å². The van der Waals surface area contributed by atoms with E-state index in [4.69, 9.17) is 0 Å². The van der Waals surface area contributed by atoms with Crippen molar-refractivity contribution >= 4 is 0 Å². The van der Waals surface area contributed by atoms with Crippen molar-refractivity contribution in [3.63, 3.8) is 0 Å². The molecule has 0 spiro atoms. The topological polar surface area (TPSA) is 42.4 Å². The second-order valence-electron chi connectivity index (χ2n) is 3.87. The van der Waals surface area contributed by atoms with Crippen LogP contribution in [0.5, 0.6) is 11.5 Å². The number of rotatable bonds is 2. The van der Waals surface area contributed by atoms with Crippen LogP contribution in [0.3, 0.4) is 0 Å². The van der Waals surface area contributed by atoms with Crippen molar-refractivity contribution in [1.29, 1.82) is 0 Å². The molecule has 2 rings (SSSR count). The van der Waals surface area contributed by atoms with Gasteiger partial charge in [0.2, 0.25) is 0 Å². The summed E-state index contributed by atoms with van der Waals surface area (Å²) in [5.74, 6) is -0.566. The number of ether oxygens (including phenoxy) is 1. The first-order valence-corrected chi connectivity index (χ1v) is 5.38. The van der Waals surface area contributed by atoms with Gasteiger partial charge in [0.15, 0.2) is 0 Å². The van der Waals surface area contributed by atoms with E-state index in [0.29, 0.717) is 5.56 Å². The third-order valence-corrected chi connectivity index (χ3v) is 2.49. The fourth-order valence-electron chi connectivity index (χ4n) is 1.62. The number of hydrogen-bond acceptors (Lipinski definition) is 3. The molecule has 0 atom stereocenters. The Hall–Kier alpha value is -2.24. The van der Waals surface area contributed by atoms with Gasteiger partial charge in [-0.1, -0.05) is 12.1 Å². The minimum absolute atomic E-state index is 0.0554. The number of aromatic hydroxyl groups is 1. The third-order valence-electron chi connectivity index (χ3n) is 2.49. The minimum atomic E-state index is -4.80. The molecule has 0 saturated carbocycles. The Bertz CT molecular complexity index is 597. The number of nitrogens with zero attached hydrogens (tertiary/aromatic N) is 1. The number of para-hydroxylation sites is 1. The van der Waals surface area contributed by atoms with Gasteiger partial charge < -0.3 is 9.84 Å². The lowest BCUT2D eigenvalue weighted by Crippen LogP contribution is -2.17. The van der Waals surface area contributed by atoms with E-state index >= 15 is 0 Å². The summed E-state index contributed by atoms with van der Waals surface area (Å²) in [6, 6.07) is 7.10. The number of hydrogen-bond donors (Lipinski definition) is 1.